The first-order valence-corrected chi connectivity index (χ1v) is 6.52. The molecule has 0 unspecified atom stereocenters. The summed E-state index contributed by atoms with van der Waals surface area (Å²) in [4.78, 5) is 16.7. The van der Waals surface area contributed by atoms with Crippen molar-refractivity contribution >= 4 is 23.4 Å². The van der Waals surface area contributed by atoms with Crippen LogP contribution in [-0.2, 0) is 11.2 Å². The summed E-state index contributed by atoms with van der Waals surface area (Å²) in [6, 6.07) is 5.07. The number of nitrogen functional groups attached to an aromatic ring is 1. The number of hydrogen-bond donors (Lipinski definition) is 2. The number of carbonyl (C=O) groups is 1. The standard InChI is InChI=1S/C12H14N4O2S/c1-3-10-14-12(16-15-10)19-9-5-4-7(13)6-8(9)11(17)18-2/h4-6H,3,13H2,1-2H3,(H,14,15,16). The number of carbonyl (C=O) groups excluding carboxylic acids is 1. The van der Waals surface area contributed by atoms with Crippen molar-refractivity contribution in [1.82, 2.24) is 15.2 Å². The van der Waals surface area contributed by atoms with E-state index in [4.69, 9.17) is 10.5 Å². The maximum absolute atomic E-state index is 11.7. The Morgan fingerprint density at radius 1 is 1.53 bits per heavy atom. The molecule has 0 atom stereocenters. The first-order valence-electron chi connectivity index (χ1n) is 5.71. The molecule has 7 heteroatoms. The highest BCUT2D eigenvalue weighted by molar-refractivity contribution is 7.99. The number of nitrogens with two attached hydrogens (primary N) is 1. The topological polar surface area (TPSA) is 93.9 Å². The maximum Gasteiger partial charge on any atom is 0.339 e. The Bertz CT molecular complexity index is 597. The second kappa shape index (κ2) is 5.75. The van der Waals surface area contributed by atoms with Crippen molar-refractivity contribution in [3.8, 4) is 0 Å². The number of H-pyrrole nitrogens is 1. The lowest BCUT2D eigenvalue weighted by Crippen LogP contribution is -2.04. The molecule has 0 amide bonds. The molecule has 100 valence electrons. The van der Waals surface area contributed by atoms with Crippen LogP contribution in [0.3, 0.4) is 0 Å². The minimum atomic E-state index is -0.430. The van der Waals surface area contributed by atoms with Gasteiger partial charge in [0, 0.05) is 17.0 Å². The third-order valence-electron chi connectivity index (χ3n) is 2.46. The Morgan fingerprint density at radius 3 is 2.95 bits per heavy atom. The number of rotatable bonds is 4. The first-order chi connectivity index (χ1) is 9.13. The fourth-order valence-electron chi connectivity index (χ4n) is 1.49. The average molecular weight is 278 g/mol. The van der Waals surface area contributed by atoms with E-state index in [9.17, 15) is 4.79 Å². The number of aryl methyl sites for hydroxylation is 1. The molecule has 3 N–H and O–H groups in total. The minimum Gasteiger partial charge on any atom is -0.465 e. The number of aromatic amines is 1. The van der Waals surface area contributed by atoms with Crippen LogP contribution in [0.2, 0.25) is 0 Å². The quantitative estimate of drug-likeness (QED) is 0.655. The summed E-state index contributed by atoms with van der Waals surface area (Å²) in [6.07, 6.45) is 0.777. The van der Waals surface area contributed by atoms with Crippen molar-refractivity contribution in [3.05, 3.63) is 29.6 Å². The first kappa shape index (κ1) is 13.4. The lowest BCUT2D eigenvalue weighted by molar-refractivity contribution is 0.0597. The second-order valence-electron chi connectivity index (χ2n) is 3.77. The van der Waals surface area contributed by atoms with Gasteiger partial charge in [-0.25, -0.2) is 9.78 Å². The Balaban J connectivity index is 2.31. The van der Waals surface area contributed by atoms with Crippen molar-refractivity contribution < 1.29 is 9.53 Å². The van der Waals surface area contributed by atoms with E-state index in [0.29, 0.717) is 21.3 Å². The van der Waals surface area contributed by atoms with Gasteiger partial charge in [0.15, 0.2) is 0 Å². The summed E-state index contributed by atoms with van der Waals surface area (Å²) >= 11 is 1.29. The predicted molar refractivity (Wildman–Crippen MR) is 72.1 cm³/mol. The summed E-state index contributed by atoms with van der Waals surface area (Å²) in [5.41, 5.74) is 6.61. The van der Waals surface area contributed by atoms with E-state index >= 15 is 0 Å². The molecule has 1 aromatic heterocycles. The SMILES string of the molecule is CCc1nc(Sc2ccc(N)cc2C(=O)OC)n[nH]1. The molecule has 6 nitrogen and oxygen atoms in total. The van der Waals surface area contributed by atoms with Gasteiger partial charge in [0.1, 0.15) is 5.82 Å². The number of nitrogens with one attached hydrogen (secondary N) is 1. The van der Waals surface area contributed by atoms with Crippen molar-refractivity contribution in [3.63, 3.8) is 0 Å². The molecule has 1 heterocycles. The number of hydrogen-bond acceptors (Lipinski definition) is 6. The summed E-state index contributed by atoms with van der Waals surface area (Å²) in [5, 5.41) is 7.46. The van der Waals surface area contributed by atoms with Crippen molar-refractivity contribution in [2.75, 3.05) is 12.8 Å². The van der Waals surface area contributed by atoms with Crippen LogP contribution in [-0.4, -0.2) is 28.3 Å². The van der Waals surface area contributed by atoms with Gasteiger partial charge in [-0.05, 0) is 30.0 Å². The Kier molecular flexibility index (Phi) is 4.06. The van der Waals surface area contributed by atoms with E-state index in [1.54, 1.807) is 18.2 Å². The molecule has 2 aromatic rings. The van der Waals surface area contributed by atoms with Gasteiger partial charge in [-0.1, -0.05) is 6.92 Å². The maximum atomic E-state index is 11.7. The number of benzene rings is 1. The highest BCUT2D eigenvalue weighted by Crippen LogP contribution is 2.29. The van der Waals surface area contributed by atoms with Crippen LogP contribution in [0, 0.1) is 0 Å². The van der Waals surface area contributed by atoms with Crippen LogP contribution in [0.25, 0.3) is 0 Å². The molecule has 0 radical (unpaired) electrons. The van der Waals surface area contributed by atoms with Gasteiger partial charge in [0.25, 0.3) is 0 Å². The van der Waals surface area contributed by atoms with E-state index in [0.717, 1.165) is 12.2 Å². The molecule has 0 aliphatic carbocycles. The van der Waals surface area contributed by atoms with E-state index in [1.165, 1.54) is 18.9 Å². The van der Waals surface area contributed by atoms with Crippen molar-refractivity contribution in [1.29, 1.82) is 0 Å². The van der Waals surface area contributed by atoms with Gasteiger partial charge in [0.2, 0.25) is 5.16 Å². The monoisotopic (exact) mass is 278 g/mol. The van der Waals surface area contributed by atoms with Gasteiger partial charge >= 0.3 is 5.97 Å². The number of nitrogens with zero attached hydrogens (tertiary/aromatic N) is 2. The zero-order valence-corrected chi connectivity index (χ0v) is 11.5. The molecule has 0 fully saturated rings. The van der Waals surface area contributed by atoms with E-state index in [-0.39, 0.29) is 0 Å². The number of aromatic nitrogens is 3. The minimum absolute atomic E-state index is 0.412. The molecular weight excluding hydrogens is 264 g/mol. The Morgan fingerprint density at radius 2 is 2.32 bits per heavy atom. The number of ether oxygens (including phenoxy) is 1. The zero-order valence-electron chi connectivity index (χ0n) is 10.6. The van der Waals surface area contributed by atoms with Crippen LogP contribution in [0.15, 0.2) is 28.3 Å². The third-order valence-corrected chi connectivity index (χ3v) is 3.40. The fourth-order valence-corrected chi connectivity index (χ4v) is 2.32. The second-order valence-corrected chi connectivity index (χ2v) is 4.78. The van der Waals surface area contributed by atoms with E-state index in [2.05, 4.69) is 15.2 Å². The van der Waals surface area contributed by atoms with Crippen LogP contribution in [0.1, 0.15) is 23.1 Å². The normalized spacial score (nSPS) is 10.4. The van der Waals surface area contributed by atoms with Gasteiger partial charge < -0.3 is 10.5 Å². The molecule has 0 bridgehead atoms. The highest BCUT2D eigenvalue weighted by Gasteiger charge is 2.15. The Labute approximate surface area is 114 Å². The average Bonchev–Trinajstić information content (AvgIpc) is 2.87. The smallest absolute Gasteiger partial charge is 0.339 e. The van der Waals surface area contributed by atoms with Crippen LogP contribution >= 0.6 is 11.8 Å². The van der Waals surface area contributed by atoms with Gasteiger partial charge in [-0.15, -0.1) is 5.10 Å². The van der Waals surface area contributed by atoms with Gasteiger partial charge in [-0.2, -0.15) is 0 Å². The Hall–Kier alpha value is -2.02. The molecule has 2 rings (SSSR count). The van der Waals surface area contributed by atoms with Crippen LogP contribution in [0.5, 0.6) is 0 Å². The largest absolute Gasteiger partial charge is 0.465 e. The molecule has 0 spiro atoms. The lowest BCUT2D eigenvalue weighted by atomic mass is 10.2. The van der Waals surface area contributed by atoms with E-state index in [1.807, 2.05) is 6.92 Å². The molecule has 0 saturated carbocycles. The molecular formula is C12H14N4O2S. The lowest BCUT2D eigenvalue weighted by Gasteiger charge is -2.06. The van der Waals surface area contributed by atoms with Gasteiger partial charge in [-0.3, -0.25) is 5.10 Å². The highest BCUT2D eigenvalue weighted by atomic mass is 32.2. The molecule has 0 aliphatic rings. The molecule has 0 aliphatic heterocycles. The number of esters is 1. The van der Waals surface area contributed by atoms with E-state index < -0.39 is 5.97 Å². The van der Waals surface area contributed by atoms with Gasteiger partial charge in [0.05, 0.1) is 12.7 Å². The summed E-state index contributed by atoms with van der Waals surface area (Å²) in [6.45, 7) is 1.98. The molecule has 1 aromatic carbocycles. The van der Waals surface area contributed by atoms with Crippen molar-refractivity contribution in [2.24, 2.45) is 0 Å². The van der Waals surface area contributed by atoms with Crippen molar-refractivity contribution in [2.45, 2.75) is 23.4 Å². The van der Waals surface area contributed by atoms with Crippen LogP contribution in [0.4, 0.5) is 5.69 Å². The third kappa shape index (κ3) is 3.05. The fraction of sp³-hybridized carbons (Fsp3) is 0.250. The summed E-state index contributed by atoms with van der Waals surface area (Å²) in [7, 11) is 1.34. The predicted octanol–water partition coefficient (Wildman–Crippen LogP) is 1.89. The molecule has 19 heavy (non-hydrogen) atoms. The van der Waals surface area contributed by atoms with Crippen LogP contribution < -0.4 is 5.73 Å². The number of anilines is 1. The molecule has 0 saturated heterocycles. The number of methoxy groups -OCH3 is 1. The summed E-state index contributed by atoms with van der Waals surface area (Å²) < 4.78 is 4.74. The summed E-state index contributed by atoms with van der Waals surface area (Å²) in [5.74, 6) is 0.374. The zero-order chi connectivity index (χ0) is 13.8.